The largest absolute Gasteiger partial charge is 0.486 e. The smallest absolute Gasteiger partial charge is 0.270 e. The molecule has 2 aliphatic rings. The first kappa shape index (κ1) is 21.4. The molecular weight excluding hydrogens is 418 g/mol. The molecule has 1 fully saturated rings. The molecule has 1 aromatic heterocycles. The van der Waals surface area contributed by atoms with E-state index in [0.29, 0.717) is 66.8 Å². The summed E-state index contributed by atoms with van der Waals surface area (Å²) in [4.78, 5) is 47.1. The van der Waals surface area contributed by atoms with Gasteiger partial charge in [-0.15, -0.1) is 0 Å². The van der Waals surface area contributed by atoms with Crippen LogP contribution < -0.4 is 10.3 Å². The molecule has 1 spiro atoms. The first-order valence-electron chi connectivity index (χ1n) is 11.4. The van der Waals surface area contributed by atoms with Crippen molar-refractivity contribution in [2.45, 2.75) is 51.6 Å². The zero-order valence-corrected chi connectivity index (χ0v) is 18.9. The number of hydrogen-bond acceptors (Lipinski definition) is 5. The number of aryl methyl sites for hydroxylation is 2. The molecule has 7 heteroatoms. The fourth-order valence-electron chi connectivity index (χ4n) is 4.84. The summed E-state index contributed by atoms with van der Waals surface area (Å²) in [7, 11) is 0. The van der Waals surface area contributed by atoms with Gasteiger partial charge in [0.05, 0.1) is 23.0 Å². The molecule has 0 radical (unpaired) electrons. The molecule has 0 unspecified atom stereocenters. The van der Waals surface area contributed by atoms with E-state index >= 15 is 0 Å². The fourth-order valence-corrected chi connectivity index (χ4v) is 4.84. The molecule has 170 valence electrons. The van der Waals surface area contributed by atoms with Crippen LogP contribution in [0.1, 0.15) is 52.9 Å². The van der Waals surface area contributed by atoms with Crippen LogP contribution in [-0.2, 0) is 11.2 Å². The highest BCUT2D eigenvalue weighted by Crippen LogP contribution is 2.41. The lowest BCUT2D eigenvalue weighted by Gasteiger charge is -2.44. The molecule has 0 saturated carbocycles. The third-order valence-electron chi connectivity index (χ3n) is 7.05. The van der Waals surface area contributed by atoms with E-state index in [1.54, 1.807) is 0 Å². The standard InChI is InChI=1S/C26H27N3O4/c1-16-7-8-18-22(30)15-26(33-24(18)17(16)2)11-13-29(14-12-26)23(31)10-9-21-25(32)28-20-6-4-3-5-19(20)27-21/h3-8H,9-15H2,1-2H3,(H,28,32). The van der Waals surface area contributed by atoms with Crippen molar-refractivity contribution in [1.82, 2.24) is 14.9 Å². The Bertz CT molecular complexity index is 1320. The molecule has 33 heavy (non-hydrogen) atoms. The number of Topliss-reactive ketones (excluding diaryl/α,β-unsaturated/α-hetero) is 1. The molecule has 0 atom stereocenters. The lowest BCUT2D eigenvalue weighted by molar-refractivity contribution is -0.134. The van der Waals surface area contributed by atoms with Crippen molar-refractivity contribution in [3.05, 3.63) is 69.1 Å². The number of nitrogens with one attached hydrogen (secondary N) is 1. The van der Waals surface area contributed by atoms with Crippen molar-refractivity contribution in [1.29, 1.82) is 0 Å². The zero-order chi connectivity index (χ0) is 23.2. The van der Waals surface area contributed by atoms with Crippen molar-refractivity contribution in [2.24, 2.45) is 0 Å². The number of para-hydroxylation sites is 2. The Kier molecular flexibility index (Phi) is 5.27. The van der Waals surface area contributed by atoms with Crippen LogP contribution in [0.3, 0.4) is 0 Å². The van der Waals surface area contributed by atoms with Crippen molar-refractivity contribution >= 4 is 22.7 Å². The predicted octanol–water partition coefficient (Wildman–Crippen LogP) is 3.50. The van der Waals surface area contributed by atoms with Crippen molar-refractivity contribution in [3.63, 3.8) is 0 Å². The zero-order valence-electron chi connectivity index (χ0n) is 18.9. The highest BCUT2D eigenvalue weighted by molar-refractivity contribution is 6.01. The lowest BCUT2D eigenvalue weighted by Crippen LogP contribution is -2.52. The minimum Gasteiger partial charge on any atom is -0.486 e. The van der Waals surface area contributed by atoms with E-state index in [1.165, 1.54) is 0 Å². The van der Waals surface area contributed by atoms with Gasteiger partial charge in [0.1, 0.15) is 17.0 Å². The normalized spacial score (nSPS) is 17.2. The average molecular weight is 446 g/mol. The van der Waals surface area contributed by atoms with Gasteiger partial charge in [0.15, 0.2) is 5.78 Å². The Morgan fingerprint density at radius 3 is 2.67 bits per heavy atom. The van der Waals surface area contributed by atoms with Crippen LogP contribution in [0.25, 0.3) is 11.0 Å². The van der Waals surface area contributed by atoms with Crippen LogP contribution in [0.5, 0.6) is 5.75 Å². The number of benzene rings is 2. The summed E-state index contributed by atoms with van der Waals surface area (Å²) in [6.07, 6.45) is 2.10. The second-order valence-electron chi connectivity index (χ2n) is 9.18. The first-order valence-corrected chi connectivity index (χ1v) is 11.4. The molecule has 7 nitrogen and oxygen atoms in total. The molecule has 2 aliphatic heterocycles. The minimum atomic E-state index is -0.545. The monoisotopic (exact) mass is 445 g/mol. The van der Waals surface area contributed by atoms with Crippen molar-refractivity contribution < 1.29 is 14.3 Å². The molecule has 2 aromatic carbocycles. The number of rotatable bonds is 3. The summed E-state index contributed by atoms with van der Waals surface area (Å²) in [5, 5.41) is 0. The number of carbonyl (C=O) groups is 2. The van der Waals surface area contributed by atoms with Gasteiger partial charge in [0.25, 0.3) is 5.56 Å². The summed E-state index contributed by atoms with van der Waals surface area (Å²) < 4.78 is 6.44. The van der Waals surface area contributed by atoms with Crippen LogP contribution in [0.2, 0.25) is 0 Å². The van der Waals surface area contributed by atoms with Gasteiger partial charge in [-0.1, -0.05) is 18.2 Å². The van der Waals surface area contributed by atoms with E-state index in [2.05, 4.69) is 9.97 Å². The maximum Gasteiger partial charge on any atom is 0.270 e. The summed E-state index contributed by atoms with van der Waals surface area (Å²) in [5.74, 6) is 0.808. The number of ketones is 1. The number of amides is 1. The van der Waals surface area contributed by atoms with E-state index in [1.807, 2.05) is 55.1 Å². The van der Waals surface area contributed by atoms with Crippen LogP contribution in [-0.4, -0.2) is 45.2 Å². The van der Waals surface area contributed by atoms with Gasteiger partial charge in [-0.05, 0) is 43.2 Å². The van der Waals surface area contributed by atoms with Crippen LogP contribution >= 0.6 is 0 Å². The molecule has 5 rings (SSSR count). The lowest BCUT2D eigenvalue weighted by atomic mass is 9.81. The van der Waals surface area contributed by atoms with Gasteiger partial charge in [-0.2, -0.15) is 0 Å². The second kappa shape index (κ2) is 8.14. The number of likely N-dealkylation sites (tertiary alicyclic amines) is 1. The van der Waals surface area contributed by atoms with Gasteiger partial charge in [0, 0.05) is 38.8 Å². The van der Waals surface area contributed by atoms with Gasteiger partial charge in [-0.25, -0.2) is 4.98 Å². The Morgan fingerprint density at radius 1 is 1.12 bits per heavy atom. The van der Waals surface area contributed by atoms with Gasteiger partial charge in [0.2, 0.25) is 5.91 Å². The van der Waals surface area contributed by atoms with Crippen molar-refractivity contribution in [3.8, 4) is 5.75 Å². The van der Waals surface area contributed by atoms with E-state index in [4.69, 9.17) is 4.74 Å². The molecule has 3 heterocycles. The molecule has 1 saturated heterocycles. The molecule has 3 aromatic rings. The maximum absolute atomic E-state index is 12.9. The van der Waals surface area contributed by atoms with Crippen LogP contribution in [0.15, 0.2) is 41.2 Å². The van der Waals surface area contributed by atoms with E-state index in [-0.39, 0.29) is 23.7 Å². The Hall–Kier alpha value is -3.48. The number of carbonyl (C=O) groups excluding carboxylic acids is 2. The molecular formula is C26H27N3O4. The number of H-pyrrole nitrogens is 1. The number of aromatic nitrogens is 2. The number of fused-ring (bicyclic) bond motifs is 2. The predicted molar refractivity (Wildman–Crippen MR) is 125 cm³/mol. The number of ether oxygens (including phenoxy) is 1. The van der Waals surface area contributed by atoms with E-state index in [0.717, 1.165) is 11.1 Å². The third-order valence-corrected chi connectivity index (χ3v) is 7.05. The first-order chi connectivity index (χ1) is 15.8. The molecule has 0 aliphatic carbocycles. The van der Waals surface area contributed by atoms with E-state index in [9.17, 15) is 14.4 Å². The SMILES string of the molecule is Cc1ccc2c(c1C)OC1(CCN(C(=O)CCc3nc4ccccc4[nH]c3=O)CC1)CC2=O. The summed E-state index contributed by atoms with van der Waals surface area (Å²) in [5.41, 5.74) is 3.75. The minimum absolute atomic E-state index is 0.00577. The number of aromatic amines is 1. The van der Waals surface area contributed by atoms with Crippen molar-refractivity contribution in [2.75, 3.05) is 13.1 Å². The van der Waals surface area contributed by atoms with Gasteiger partial charge >= 0.3 is 0 Å². The highest BCUT2D eigenvalue weighted by Gasteiger charge is 2.44. The van der Waals surface area contributed by atoms with E-state index < -0.39 is 5.60 Å². The molecule has 1 N–H and O–H groups in total. The summed E-state index contributed by atoms with van der Waals surface area (Å²) in [6.45, 7) is 5.07. The Morgan fingerprint density at radius 2 is 1.88 bits per heavy atom. The number of piperidine rings is 1. The quantitative estimate of drug-likeness (QED) is 0.666. The molecule has 1 amide bonds. The second-order valence-corrected chi connectivity index (χ2v) is 9.18. The van der Waals surface area contributed by atoms with Gasteiger partial charge < -0.3 is 14.6 Å². The fraction of sp³-hybridized carbons (Fsp3) is 0.385. The van der Waals surface area contributed by atoms with Crippen LogP contribution in [0, 0.1) is 13.8 Å². The highest BCUT2D eigenvalue weighted by atomic mass is 16.5. The Balaban J connectivity index is 1.24. The Labute approximate surface area is 191 Å². The third kappa shape index (κ3) is 3.92. The number of nitrogens with zero attached hydrogens (tertiary/aromatic N) is 2. The summed E-state index contributed by atoms with van der Waals surface area (Å²) in [6, 6.07) is 11.2. The number of hydrogen-bond donors (Lipinski definition) is 1. The topological polar surface area (TPSA) is 92.4 Å². The molecule has 0 bridgehead atoms. The van der Waals surface area contributed by atoms with Gasteiger partial charge in [-0.3, -0.25) is 14.4 Å². The average Bonchev–Trinajstić information content (AvgIpc) is 2.80. The summed E-state index contributed by atoms with van der Waals surface area (Å²) >= 11 is 0. The maximum atomic E-state index is 12.9. The van der Waals surface area contributed by atoms with Crippen LogP contribution in [0.4, 0.5) is 0 Å².